The van der Waals surface area contributed by atoms with Crippen molar-refractivity contribution in [1.82, 2.24) is 29.7 Å². The Bertz CT molecular complexity index is 516. The van der Waals surface area contributed by atoms with Crippen LogP contribution in [0.2, 0.25) is 0 Å². The Kier molecular flexibility index (Phi) is 4.50. The van der Waals surface area contributed by atoms with Gasteiger partial charge in [0, 0.05) is 13.1 Å². The van der Waals surface area contributed by atoms with Crippen molar-refractivity contribution in [2.45, 2.75) is 19.0 Å². The van der Waals surface area contributed by atoms with E-state index in [1.807, 2.05) is 20.1 Å². The Morgan fingerprint density at radius 1 is 1.11 bits per heavy atom. The Labute approximate surface area is 115 Å². The van der Waals surface area contributed by atoms with Gasteiger partial charge in [-0.3, -0.25) is 0 Å². The van der Waals surface area contributed by atoms with Gasteiger partial charge in [0.15, 0.2) is 0 Å². The van der Waals surface area contributed by atoms with Crippen molar-refractivity contribution in [2.24, 2.45) is 0 Å². The summed E-state index contributed by atoms with van der Waals surface area (Å²) in [4.78, 5) is 17.0. The number of thioether (sulfide) groups is 1. The molecule has 0 saturated heterocycles. The van der Waals surface area contributed by atoms with Gasteiger partial charge in [0.1, 0.15) is 6.33 Å². The molecule has 0 aromatic carbocycles. The lowest BCUT2D eigenvalue weighted by Gasteiger charge is -2.07. The molecule has 0 bridgehead atoms. The van der Waals surface area contributed by atoms with Crippen LogP contribution in [0.5, 0.6) is 0 Å². The van der Waals surface area contributed by atoms with Gasteiger partial charge in [-0.1, -0.05) is 11.8 Å². The molecule has 0 aliphatic heterocycles. The number of nitrogens with zero attached hydrogens (tertiary/aromatic N) is 6. The van der Waals surface area contributed by atoms with Crippen molar-refractivity contribution < 1.29 is 0 Å². The number of rotatable bonds is 6. The molecule has 0 aliphatic rings. The van der Waals surface area contributed by atoms with Crippen LogP contribution in [0.4, 0.5) is 11.9 Å². The maximum Gasteiger partial charge on any atom is 0.258 e. The fraction of sp³-hybridized carbons (Fsp3) is 0.500. The van der Waals surface area contributed by atoms with Gasteiger partial charge in [0.05, 0.1) is 0 Å². The Morgan fingerprint density at radius 2 is 1.74 bits per heavy atom. The summed E-state index contributed by atoms with van der Waals surface area (Å²) in [5.41, 5.74) is 0. The van der Waals surface area contributed by atoms with E-state index in [0.717, 1.165) is 13.1 Å². The van der Waals surface area contributed by atoms with Crippen LogP contribution in [0.1, 0.15) is 13.8 Å². The van der Waals surface area contributed by atoms with E-state index in [1.165, 1.54) is 16.4 Å². The molecule has 0 radical (unpaired) electrons. The molecule has 2 aromatic heterocycles. The lowest BCUT2D eigenvalue weighted by molar-refractivity contribution is 0.770. The molecule has 19 heavy (non-hydrogen) atoms. The summed E-state index contributed by atoms with van der Waals surface area (Å²) in [5, 5.41) is 11.1. The van der Waals surface area contributed by atoms with Crippen LogP contribution in [0.15, 0.2) is 11.5 Å². The van der Waals surface area contributed by atoms with E-state index in [1.54, 1.807) is 6.33 Å². The molecule has 0 atom stereocenters. The molecule has 0 fully saturated rings. The first kappa shape index (κ1) is 13.5. The molecule has 0 spiro atoms. The summed E-state index contributed by atoms with van der Waals surface area (Å²) in [5.74, 6) is 1.48. The Morgan fingerprint density at radius 3 is 2.21 bits per heavy atom. The van der Waals surface area contributed by atoms with Gasteiger partial charge < -0.3 is 10.6 Å². The highest BCUT2D eigenvalue weighted by atomic mass is 32.2. The fourth-order valence-corrected chi connectivity index (χ4v) is 1.70. The minimum atomic E-state index is 0.440. The standard InChI is InChI=1S/C10H16N8S/c1-4-11-7-14-8(12-5-2)16-9(15-7)18-6-13-10(17-18)19-3/h6H,4-5H2,1-3H3,(H2,11,12,14,15,16). The van der Waals surface area contributed by atoms with Crippen molar-refractivity contribution >= 4 is 23.7 Å². The second-order valence-corrected chi connectivity index (χ2v) is 4.29. The van der Waals surface area contributed by atoms with Crippen molar-refractivity contribution in [3.63, 3.8) is 0 Å². The normalized spacial score (nSPS) is 10.5. The highest BCUT2D eigenvalue weighted by Crippen LogP contribution is 2.11. The predicted molar refractivity (Wildman–Crippen MR) is 74.9 cm³/mol. The molecule has 0 saturated carbocycles. The summed E-state index contributed by atoms with van der Waals surface area (Å²) in [6, 6.07) is 0. The monoisotopic (exact) mass is 280 g/mol. The first-order valence-corrected chi connectivity index (χ1v) is 7.19. The number of aromatic nitrogens is 6. The van der Waals surface area contributed by atoms with Crippen LogP contribution in [0.3, 0.4) is 0 Å². The van der Waals surface area contributed by atoms with Crippen LogP contribution >= 0.6 is 11.8 Å². The van der Waals surface area contributed by atoms with E-state index < -0.39 is 0 Å². The quantitative estimate of drug-likeness (QED) is 0.758. The highest BCUT2D eigenvalue weighted by molar-refractivity contribution is 7.98. The fourth-order valence-electron chi connectivity index (χ4n) is 1.38. The van der Waals surface area contributed by atoms with E-state index in [-0.39, 0.29) is 0 Å². The predicted octanol–water partition coefficient (Wildman–Crippen LogP) is 1.04. The number of hydrogen-bond donors (Lipinski definition) is 2. The Hall–Kier alpha value is -1.90. The van der Waals surface area contributed by atoms with Gasteiger partial charge in [-0.25, -0.2) is 4.98 Å². The summed E-state index contributed by atoms with van der Waals surface area (Å²) >= 11 is 1.47. The van der Waals surface area contributed by atoms with Crippen LogP contribution in [-0.4, -0.2) is 49.1 Å². The second kappa shape index (κ2) is 6.32. The molecule has 0 unspecified atom stereocenters. The van der Waals surface area contributed by atoms with Crippen molar-refractivity contribution in [3.8, 4) is 5.95 Å². The van der Waals surface area contributed by atoms with Crippen LogP contribution in [0.25, 0.3) is 5.95 Å². The average molecular weight is 280 g/mol. The second-order valence-electron chi connectivity index (χ2n) is 3.52. The number of hydrogen-bond acceptors (Lipinski definition) is 8. The number of anilines is 2. The molecule has 2 rings (SSSR count). The number of nitrogens with one attached hydrogen (secondary N) is 2. The maximum atomic E-state index is 4.30. The molecule has 2 heterocycles. The lowest BCUT2D eigenvalue weighted by Crippen LogP contribution is -2.12. The molecule has 9 heteroatoms. The smallest absolute Gasteiger partial charge is 0.258 e. The van der Waals surface area contributed by atoms with Crippen LogP contribution < -0.4 is 10.6 Å². The third-order valence-electron chi connectivity index (χ3n) is 2.15. The SMILES string of the molecule is CCNc1nc(NCC)nc(-n2cnc(SC)n2)n1. The third kappa shape index (κ3) is 3.31. The van der Waals surface area contributed by atoms with Crippen molar-refractivity contribution in [3.05, 3.63) is 6.33 Å². The van der Waals surface area contributed by atoms with Crippen molar-refractivity contribution in [1.29, 1.82) is 0 Å². The zero-order valence-corrected chi connectivity index (χ0v) is 11.9. The molecule has 0 amide bonds. The minimum Gasteiger partial charge on any atom is -0.354 e. The molecule has 2 aromatic rings. The average Bonchev–Trinajstić information content (AvgIpc) is 2.88. The summed E-state index contributed by atoms with van der Waals surface area (Å²) in [6.45, 7) is 5.44. The molecular formula is C10H16N8S. The highest BCUT2D eigenvalue weighted by Gasteiger charge is 2.09. The maximum absolute atomic E-state index is 4.30. The lowest BCUT2D eigenvalue weighted by atomic mass is 10.7. The zero-order valence-electron chi connectivity index (χ0n) is 11.1. The van der Waals surface area contributed by atoms with Gasteiger partial charge in [-0.05, 0) is 20.1 Å². The van der Waals surface area contributed by atoms with E-state index in [0.29, 0.717) is 23.0 Å². The minimum absolute atomic E-state index is 0.440. The summed E-state index contributed by atoms with van der Waals surface area (Å²) in [7, 11) is 0. The first-order valence-electron chi connectivity index (χ1n) is 5.96. The van der Waals surface area contributed by atoms with Crippen LogP contribution in [0, 0.1) is 0 Å². The van der Waals surface area contributed by atoms with Crippen LogP contribution in [-0.2, 0) is 0 Å². The summed E-state index contributed by atoms with van der Waals surface area (Å²) < 4.78 is 1.54. The van der Waals surface area contributed by atoms with E-state index in [9.17, 15) is 0 Å². The zero-order chi connectivity index (χ0) is 13.7. The topological polar surface area (TPSA) is 93.4 Å². The molecule has 8 nitrogen and oxygen atoms in total. The van der Waals surface area contributed by atoms with E-state index in [2.05, 4.69) is 35.7 Å². The van der Waals surface area contributed by atoms with Gasteiger partial charge in [0.2, 0.25) is 17.1 Å². The summed E-state index contributed by atoms with van der Waals surface area (Å²) in [6.07, 6.45) is 3.51. The molecule has 0 aliphatic carbocycles. The van der Waals surface area contributed by atoms with Gasteiger partial charge in [-0.15, -0.1) is 5.10 Å². The molecule has 2 N–H and O–H groups in total. The largest absolute Gasteiger partial charge is 0.354 e. The Balaban J connectivity index is 2.36. The van der Waals surface area contributed by atoms with Gasteiger partial charge >= 0.3 is 0 Å². The van der Waals surface area contributed by atoms with Gasteiger partial charge in [-0.2, -0.15) is 19.6 Å². The van der Waals surface area contributed by atoms with Crippen molar-refractivity contribution in [2.75, 3.05) is 30.0 Å². The molecular weight excluding hydrogens is 264 g/mol. The van der Waals surface area contributed by atoms with E-state index >= 15 is 0 Å². The first-order chi connectivity index (χ1) is 9.26. The van der Waals surface area contributed by atoms with Gasteiger partial charge in [0.25, 0.3) is 5.95 Å². The third-order valence-corrected chi connectivity index (χ3v) is 2.70. The van der Waals surface area contributed by atoms with E-state index in [4.69, 9.17) is 0 Å². The molecule has 102 valence electrons.